The zero-order valence-electron chi connectivity index (χ0n) is 20.4. The Bertz CT molecular complexity index is 1420. The van der Waals surface area contributed by atoms with E-state index >= 15 is 0 Å². The van der Waals surface area contributed by atoms with Gasteiger partial charge < -0.3 is 10.2 Å². The van der Waals surface area contributed by atoms with Gasteiger partial charge >= 0.3 is 6.18 Å². The maximum atomic E-state index is 13.5. The smallest absolute Gasteiger partial charge is 0.375 e. The predicted octanol–water partition coefficient (Wildman–Crippen LogP) is 4.41. The maximum absolute atomic E-state index is 13.5. The van der Waals surface area contributed by atoms with Crippen LogP contribution in [0.1, 0.15) is 34.2 Å². The number of nitrogens with zero attached hydrogens (tertiary/aromatic N) is 7. The van der Waals surface area contributed by atoms with Gasteiger partial charge in [-0.3, -0.25) is 14.5 Å². The lowest BCUT2D eigenvalue weighted by Crippen LogP contribution is -2.20. The summed E-state index contributed by atoms with van der Waals surface area (Å²) in [5.74, 6) is -0.686. The summed E-state index contributed by atoms with van der Waals surface area (Å²) in [5, 5.41) is 15.3. The molecule has 188 valence electrons. The number of amides is 1. The van der Waals surface area contributed by atoms with Gasteiger partial charge in [0, 0.05) is 43.1 Å². The number of rotatable bonds is 6. The summed E-state index contributed by atoms with van der Waals surface area (Å²) in [6.07, 6.45) is 0.270. The Labute approximate surface area is 205 Å². The van der Waals surface area contributed by atoms with E-state index in [4.69, 9.17) is 0 Å². The molecule has 36 heavy (non-hydrogen) atoms. The molecule has 0 saturated heterocycles. The summed E-state index contributed by atoms with van der Waals surface area (Å²) in [5.41, 5.74) is 3.14. The summed E-state index contributed by atoms with van der Waals surface area (Å²) >= 11 is 0. The van der Waals surface area contributed by atoms with E-state index in [1.807, 2.05) is 20.9 Å². The highest BCUT2D eigenvalue weighted by Gasteiger charge is 2.32. The van der Waals surface area contributed by atoms with Crippen LogP contribution in [0.15, 0.2) is 42.9 Å². The van der Waals surface area contributed by atoms with Crippen LogP contribution in [0, 0.1) is 13.8 Å². The SMILES string of the molecule is CCN(C)c1cc(C(=O)Nc2cnc(C)c(-n3cc(-c4cnn(C)c4C)nn3)c2)cc(C(F)(F)F)c1. The highest BCUT2D eigenvalue weighted by atomic mass is 19.4. The van der Waals surface area contributed by atoms with Crippen molar-refractivity contribution in [3.8, 4) is 16.9 Å². The molecule has 3 heterocycles. The minimum absolute atomic E-state index is 0.114. The molecule has 9 nitrogen and oxygen atoms in total. The number of benzene rings is 1. The van der Waals surface area contributed by atoms with E-state index in [0.29, 0.717) is 35.0 Å². The lowest BCUT2D eigenvalue weighted by molar-refractivity contribution is -0.137. The Kier molecular flexibility index (Phi) is 6.53. The van der Waals surface area contributed by atoms with Gasteiger partial charge in [-0.2, -0.15) is 18.3 Å². The molecule has 1 aromatic carbocycles. The fourth-order valence-electron chi connectivity index (χ4n) is 3.59. The average Bonchev–Trinajstić information content (AvgIpc) is 3.45. The first-order chi connectivity index (χ1) is 17.0. The molecule has 0 bridgehead atoms. The van der Waals surface area contributed by atoms with Crippen molar-refractivity contribution in [1.82, 2.24) is 29.8 Å². The van der Waals surface area contributed by atoms with E-state index in [-0.39, 0.29) is 5.56 Å². The fourth-order valence-corrected chi connectivity index (χ4v) is 3.59. The van der Waals surface area contributed by atoms with Crippen LogP contribution < -0.4 is 10.2 Å². The average molecular weight is 499 g/mol. The van der Waals surface area contributed by atoms with E-state index in [0.717, 1.165) is 23.4 Å². The Morgan fingerprint density at radius 1 is 1.14 bits per heavy atom. The Morgan fingerprint density at radius 3 is 2.53 bits per heavy atom. The van der Waals surface area contributed by atoms with E-state index in [1.54, 1.807) is 42.0 Å². The third kappa shape index (κ3) is 4.92. The summed E-state index contributed by atoms with van der Waals surface area (Å²) in [4.78, 5) is 18.9. The Balaban J connectivity index is 1.64. The van der Waals surface area contributed by atoms with Crippen molar-refractivity contribution < 1.29 is 18.0 Å². The van der Waals surface area contributed by atoms with Gasteiger partial charge in [0.25, 0.3) is 5.91 Å². The largest absolute Gasteiger partial charge is 0.416 e. The molecule has 0 fully saturated rings. The van der Waals surface area contributed by atoms with Gasteiger partial charge in [-0.1, -0.05) is 5.21 Å². The first-order valence-electron chi connectivity index (χ1n) is 11.1. The second kappa shape index (κ2) is 9.44. The van der Waals surface area contributed by atoms with Crippen molar-refractivity contribution in [2.24, 2.45) is 7.05 Å². The van der Waals surface area contributed by atoms with Gasteiger partial charge in [0.2, 0.25) is 0 Å². The van der Waals surface area contributed by atoms with Gasteiger partial charge in [-0.05, 0) is 45.0 Å². The van der Waals surface area contributed by atoms with Crippen LogP contribution in [-0.2, 0) is 13.2 Å². The van der Waals surface area contributed by atoms with Crippen molar-refractivity contribution in [1.29, 1.82) is 0 Å². The molecule has 4 rings (SSSR count). The molecule has 12 heteroatoms. The number of carbonyl (C=O) groups is 1. The van der Waals surface area contributed by atoms with Crippen molar-refractivity contribution in [3.05, 3.63) is 65.4 Å². The summed E-state index contributed by atoms with van der Waals surface area (Å²) in [7, 11) is 3.49. The van der Waals surface area contributed by atoms with E-state index in [1.165, 1.54) is 16.9 Å². The van der Waals surface area contributed by atoms with Gasteiger partial charge in [0.05, 0.1) is 41.2 Å². The predicted molar refractivity (Wildman–Crippen MR) is 129 cm³/mol. The highest BCUT2D eigenvalue weighted by molar-refractivity contribution is 6.05. The fraction of sp³-hybridized carbons (Fsp3) is 0.292. The zero-order chi connectivity index (χ0) is 26.2. The normalized spacial score (nSPS) is 11.6. The molecule has 3 aromatic heterocycles. The standard InChI is InChI=1S/C24H25F3N8O/c1-6-33(4)19-8-16(7-17(9-19)24(25,26)27)23(36)30-18-10-22(14(2)28-11-18)35-13-21(31-32-35)20-12-29-34(5)15(20)3/h7-13H,6H2,1-5H3,(H,30,36). The summed E-state index contributed by atoms with van der Waals surface area (Å²) < 4.78 is 43.6. The third-order valence-electron chi connectivity index (χ3n) is 5.99. The van der Waals surface area contributed by atoms with Crippen LogP contribution in [0.3, 0.4) is 0 Å². The molecular formula is C24H25F3N8O. The number of alkyl halides is 3. The lowest BCUT2D eigenvalue weighted by atomic mass is 10.1. The van der Waals surface area contributed by atoms with E-state index in [9.17, 15) is 18.0 Å². The highest BCUT2D eigenvalue weighted by Crippen LogP contribution is 2.33. The van der Waals surface area contributed by atoms with Crippen LogP contribution in [0.25, 0.3) is 16.9 Å². The molecule has 0 unspecified atom stereocenters. The topological polar surface area (TPSA) is 93.8 Å². The first kappa shape index (κ1) is 24.9. The molecule has 0 atom stereocenters. The van der Waals surface area contributed by atoms with Crippen LogP contribution in [-0.4, -0.2) is 49.3 Å². The molecule has 0 aliphatic carbocycles. The number of hydrogen-bond acceptors (Lipinski definition) is 6. The van der Waals surface area contributed by atoms with Gasteiger partial charge in [-0.15, -0.1) is 5.10 Å². The molecule has 0 saturated carbocycles. The number of halogens is 3. The van der Waals surface area contributed by atoms with Crippen LogP contribution in [0.4, 0.5) is 24.5 Å². The lowest BCUT2D eigenvalue weighted by Gasteiger charge is -2.20. The zero-order valence-corrected chi connectivity index (χ0v) is 20.4. The van der Waals surface area contributed by atoms with Crippen LogP contribution in [0.2, 0.25) is 0 Å². The number of anilines is 2. The monoisotopic (exact) mass is 498 g/mol. The number of pyridine rings is 1. The molecule has 1 amide bonds. The number of hydrogen-bond donors (Lipinski definition) is 1. The minimum Gasteiger partial charge on any atom is -0.375 e. The third-order valence-corrected chi connectivity index (χ3v) is 5.99. The summed E-state index contributed by atoms with van der Waals surface area (Å²) in [6, 6.07) is 4.93. The molecule has 0 spiro atoms. The van der Waals surface area contributed by atoms with Gasteiger partial charge in [0.1, 0.15) is 5.69 Å². The minimum atomic E-state index is -4.59. The molecular weight excluding hydrogens is 473 g/mol. The van der Waals surface area contributed by atoms with E-state index in [2.05, 4.69) is 25.7 Å². The Hall–Kier alpha value is -4.22. The van der Waals surface area contributed by atoms with Crippen molar-refractivity contribution in [2.75, 3.05) is 23.8 Å². The second-order valence-electron chi connectivity index (χ2n) is 8.38. The van der Waals surface area contributed by atoms with E-state index < -0.39 is 17.6 Å². The van der Waals surface area contributed by atoms with Crippen LogP contribution in [0.5, 0.6) is 0 Å². The molecule has 4 aromatic rings. The van der Waals surface area contributed by atoms with Crippen molar-refractivity contribution in [2.45, 2.75) is 26.9 Å². The number of aryl methyl sites for hydroxylation is 2. The second-order valence-corrected chi connectivity index (χ2v) is 8.38. The van der Waals surface area contributed by atoms with Crippen molar-refractivity contribution in [3.63, 3.8) is 0 Å². The van der Waals surface area contributed by atoms with Gasteiger partial charge in [-0.25, -0.2) is 4.68 Å². The number of carbonyl (C=O) groups excluding carboxylic acids is 1. The summed E-state index contributed by atoms with van der Waals surface area (Å²) in [6.45, 7) is 5.98. The van der Waals surface area contributed by atoms with Gasteiger partial charge in [0.15, 0.2) is 0 Å². The maximum Gasteiger partial charge on any atom is 0.416 e. The number of nitrogens with one attached hydrogen (secondary N) is 1. The molecule has 0 aliphatic heterocycles. The van der Waals surface area contributed by atoms with Crippen LogP contribution >= 0.6 is 0 Å². The first-order valence-corrected chi connectivity index (χ1v) is 11.1. The quantitative estimate of drug-likeness (QED) is 0.423. The molecule has 0 aliphatic rings. The number of aromatic nitrogens is 6. The van der Waals surface area contributed by atoms with Crippen molar-refractivity contribution >= 4 is 17.3 Å². The Morgan fingerprint density at radius 2 is 1.89 bits per heavy atom. The molecule has 0 radical (unpaired) electrons. The molecule has 1 N–H and O–H groups in total.